The van der Waals surface area contributed by atoms with Crippen LogP contribution in [0, 0.1) is 17.3 Å². The standard InChI is InChI=1S/C16H22O4/c1-9(2)13(17)19-12-6-11-5-10(12)7-16(11)8-15(3,4)20-14(16)18/h10-12H,1,5-8H2,2-4H3. The van der Waals surface area contributed by atoms with Crippen LogP contribution in [0.3, 0.4) is 0 Å². The molecule has 0 aromatic carbocycles. The molecule has 0 aromatic rings. The van der Waals surface area contributed by atoms with E-state index < -0.39 is 0 Å². The van der Waals surface area contributed by atoms with Gasteiger partial charge in [-0.15, -0.1) is 0 Å². The Hall–Kier alpha value is -1.32. The van der Waals surface area contributed by atoms with E-state index in [2.05, 4.69) is 6.58 Å². The Balaban J connectivity index is 1.72. The number of hydrogen-bond donors (Lipinski definition) is 0. The van der Waals surface area contributed by atoms with Gasteiger partial charge in [-0.2, -0.15) is 0 Å². The van der Waals surface area contributed by atoms with Gasteiger partial charge >= 0.3 is 11.9 Å². The highest BCUT2D eigenvalue weighted by molar-refractivity contribution is 5.87. The molecule has 0 N–H and O–H groups in total. The monoisotopic (exact) mass is 278 g/mol. The van der Waals surface area contributed by atoms with Crippen LogP contribution in [0.25, 0.3) is 0 Å². The average Bonchev–Trinajstić information content (AvgIpc) is 2.91. The molecule has 2 saturated carbocycles. The summed E-state index contributed by atoms with van der Waals surface area (Å²) >= 11 is 0. The molecule has 0 radical (unpaired) electrons. The molecule has 3 fully saturated rings. The molecule has 0 aromatic heterocycles. The zero-order valence-corrected chi connectivity index (χ0v) is 12.4. The molecule has 20 heavy (non-hydrogen) atoms. The van der Waals surface area contributed by atoms with Gasteiger partial charge in [-0.1, -0.05) is 6.58 Å². The van der Waals surface area contributed by atoms with Gasteiger partial charge in [0.1, 0.15) is 11.7 Å². The van der Waals surface area contributed by atoms with E-state index in [1.165, 1.54) is 0 Å². The van der Waals surface area contributed by atoms with Crippen LogP contribution >= 0.6 is 0 Å². The fourth-order valence-electron chi connectivity index (χ4n) is 4.46. The highest BCUT2D eigenvalue weighted by atomic mass is 16.6. The zero-order valence-electron chi connectivity index (χ0n) is 12.4. The second kappa shape index (κ2) is 4.09. The van der Waals surface area contributed by atoms with Gasteiger partial charge in [0.15, 0.2) is 0 Å². The first-order chi connectivity index (χ1) is 9.23. The van der Waals surface area contributed by atoms with Gasteiger partial charge in [0.05, 0.1) is 5.41 Å². The Kier molecular flexibility index (Phi) is 2.79. The Labute approximate surface area is 119 Å². The Morgan fingerprint density at radius 3 is 2.55 bits per heavy atom. The molecule has 4 nitrogen and oxygen atoms in total. The molecular weight excluding hydrogens is 256 g/mol. The minimum atomic E-state index is -0.356. The van der Waals surface area contributed by atoms with Crippen molar-refractivity contribution in [2.75, 3.05) is 0 Å². The summed E-state index contributed by atoms with van der Waals surface area (Å²) in [6.45, 7) is 9.23. The Morgan fingerprint density at radius 2 is 2.10 bits per heavy atom. The molecule has 4 heteroatoms. The molecule has 2 aliphatic carbocycles. The first kappa shape index (κ1) is 13.7. The van der Waals surface area contributed by atoms with E-state index in [0.29, 0.717) is 17.4 Å². The fraction of sp³-hybridized carbons (Fsp3) is 0.750. The maximum atomic E-state index is 12.3. The van der Waals surface area contributed by atoms with Crippen molar-refractivity contribution in [3.63, 3.8) is 0 Å². The minimum absolute atomic E-state index is 0.0420. The molecule has 3 aliphatic rings. The average molecular weight is 278 g/mol. The fourth-order valence-corrected chi connectivity index (χ4v) is 4.46. The molecule has 1 spiro atoms. The van der Waals surface area contributed by atoms with Crippen LogP contribution in [0.5, 0.6) is 0 Å². The molecule has 1 saturated heterocycles. The van der Waals surface area contributed by atoms with Gasteiger partial charge in [-0.05, 0) is 51.9 Å². The van der Waals surface area contributed by atoms with Crippen LogP contribution in [-0.4, -0.2) is 23.6 Å². The molecule has 4 unspecified atom stereocenters. The number of cyclic esters (lactones) is 1. The number of carbonyl (C=O) groups is 2. The number of rotatable bonds is 2. The van der Waals surface area contributed by atoms with Crippen LogP contribution in [0.1, 0.15) is 46.5 Å². The minimum Gasteiger partial charge on any atom is -0.459 e. The summed E-state index contributed by atoms with van der Waals surface area (Å²) in [5, 5.41) is 0. The van der Waals surface area contributed by atoms with E-state index in [4.69, 9.17) is 9.47 Å². The number of hydrogen-bond acceptors (Lipinski definition) is 4. The van der Waals surface area contributed by atoms with Crippen molar-refractivity contribution in [1.29, 1.82) is 0 Å². The SMILES string of the molecule is C=C(C)C(=O)OC1CC2CC1CC21CC(C)(C)OC1=O. The van der Waals surface area contributed by atoms with Gasteiger partial charge in [0.25, 0.3) is 0 Å². The molecule has 110 valence electrons. The van der Waals surface area contributed by atoms with Crippen LogP contribution in [0.15, 0.2) is 12.2 Å². The number of esters is 2. The molecule has 1 aliphatic heterocycles. The Morgan fingerprint density at radius 1 is 1.40 bits per heavy atom. The summed E-state index contributed by atoms with van der Waals surface area (Å²) in [5.74, 6) is 0.236. The number of ether oxygens (including phenoxy) is 2. The third-order valence-electron chi connectivity index (χ3n) is 5.16. The molecule has 0 amide bonds. The van der Waals surface area contributed by atoms with Crippen molar-refractivity contribution in [3.8, 4) is 0 Å². The third kappa shape index (κ3) is 1.88. The van der Waals surface area contributed by atoms with Gasteiger partial charge in [0, 0.05) is 12.0 Å². The first-order valence-electron chi connectivity index (χ1n) is 7.33. The van der Waals surface area contributed by atoms with E-state index in [1.54, 1.807) is 6.92 Å². The normalized spacial score (nSPS) is 41.0. The number of carbonyl (C=O) groups excluding carboxylic acids is 2. The van der Waals surface area contributed by atoms with E-state index in [-0.39, 0.29) is 29.1 Å². The number of fused-ring (bicyclic) bond motifs is 3. The van der Waals surface area contributed by atoms with E-state index in [0.717, 1.165) is 25.7 Å². The summed E-state index contributed by atoms with van der Waals surface area (Å²) in [5.41, 5.74) is -0.241. The Bertz CT molecular complexity index is 493. The van der Waals surface area contributed by atoms with Crippen molar-refractivity contribution in [2.45, 2.75) is 58.2 Å². The smallest absolute Gasteiger partial charge is 0.333 e. The summed E-state index contributed by atoms with van der Waals surface area (Å²) in [6, 6.07) is 0. The molecule has 2 bridgehead atoms. The predicted octanol–water partition coefficient (Wildman–Crippen LogP) is 2.62. The highest BCUT2D eigenvalue weighted by Crippen LogP contribution is 2.63. The highest BCUT2D eigenvalue weighted by Gasteiger charge is 2.65. The maximum absolute atomic E-state index is 12.3. The summed E-state index contributed by atoms with van der Waals surface area (Å²) in [6.07, 6.45) is 3.30. The van der Waals surface area contributed by atoms with Gasteiger partial charge in [-0.25, -0.2) is 4.79 Å². The van der Waals surface area contributed by atoms with E-state index in [1.807, 2.05) is 13.8 Å². The summed E-state index contributed by atoms with van der Waals surface area (Å²) in [4.78, 5) is 23.9. The van der Waals surface area contributed by atoms with Crippen molar-refractivity contribution in [3.05, 3.63) is 12.2 Å². The van der Waals surface area contributed by atoms with Crippen molar-refractivity contribution >= 4 is 11.9 Å². The topological polar surface area (TPSA) is 52.6 Å². The maximum Gasteiger partial charge on any atom is 0.333 e. The zero-order chi connectivity index (χ0) is 14.7. The van der Waals surface area contributed by atoms with Crippen molar-refractivity contribution < 1.29 is 19.1 Å². The predicted molar refractivity (Wildman–Crippen MR) is 72.7 cm³/mol. The second-order valence-corrected chi connectivity index (χ2v) is 7.34. The van der Waals surface area contributed by atoms with Gasteiger partial charge in [0.2, 0.25) is 0 Å². The lowest BCUT2D eigenvalue weighted by molar-refractivity contribution is -0.156. The first-order valence-corrected chi connectivity index (χ1v) is 7.33. The molecule has 3 rings (SSSR count). The van der Waals surface area contributed by atoms with Crippen LogP contribution in [-0.2, 0) is 19.1 Å². The lowest BCUT2D eigenvalue weighted by Gasteiger charge is -2.33. The third-order valence-corrected chi connectivity index (χ3v) is 5.16. The van der Waals surface area contributed by atoms with Crippen LogP contribution in [0.4, 0.5) is 0 Å². The summed E-state index contributed by atoms with van der Waals surface area (Å²) < 4.78 is 11.0. The molecule has 4 atom stereocenters. The van der Waals surface area contributed by atoms with E-state index >= 15 is 0 Å². The lowest BCUT2D eigenvalue weighted by Crippen LogP contribution is -2.38. The van der Waals surface area contributed by atoms with Crippen molar-refractivity contribution in [1.82, 2.24) is 0 Å². The largest absolute Gasteiger partial charge is 0.459 e. The van der Waals surface area contributed by atoms with Gasteiger partial charge < -0.3 is 9.47 Å². The second-order valence-electron chi connectivity index (χ2n) is 7.34. The summed E-state index contributed by atoms with van der Waals surface area (Å²) in [7, 11) is 0. The van der Waals surface area contributed by atoms with Gasteiger partial charge in [-0.3, -0.25) is 4.79 Å². The van der Waals surface area contributed by atoms with Crippen LogP contribution < -0.4 is 0 Å². The van der Waals surface area contributed by atoms with Crippen LogP contribution in [0.2, 0.25) is 0 Å². The quantitative estimate of drug-likeness (QED) is 0.575. The van der Waals surface area contributed by atoms with Crippen molar-refractivity contribution in [2.24, 2.45) is 17.3 Å². The molecular formula is C16H22O4. The molecule has 1 heterocycles. The lowest BCUT2D eigenvalue weighted by atomic mass is 9.69. The van der Waals surface area contributed by atoms with E-state index in [9.17, 15) is 9.59 Å².